The van der Waals surface area contributed by atoms with Gasteiger partial charge in [-0.05, 0) is 37.4 Å². The predicted molar refractivity (Wildman–Crippen MR) is 72.5 cm³/mol. The SMILES string of the molecule is [2H]C([2H])([2H])[C@H](OC(=O)COC(=O)CC)[C@]1([2H])CCCC(C)(C)C1. The lowest BCUT2D eigenvalue weighted by atomic mass is 9.71. The van der Waals surface area contributed by atoms with Crippen LogP contribution in [-0.2, 0) is 19.1 Å². The Labute approximate surface area is 121 Å². The van der Waals surface area contributed by atoms with Crippen molar-refractivity contribution in [1.29, 1.82) is 0 Å². The van der Waals surface area contributed by atoms with Gasteiger partial charge in [-0.15, -0.1) is 0 Å². The molecule has 0 amide bonds. The number of hydrogen-bond acceptors (Lipinski definition) is 4. The highest BCUT2D eigenvalue weighted by atomic mass is 16.6. The lowest BCUT2D eigenvalue weighted by molar-refractivity contribution is -0.164. The summed E-state index contributed by atoms with van der Waals surface area (Å²) >= 11 is 0. The number of hydrogen-bond donors (Lipinski definition) is 0. The van der Waals surface area contributed by atoms with Gasteiger partial charge in [-0.2, -0.15) is 0 Å². The van der Waals surface area contributed by atoms with E-state index >= 15 is 0 Å². The molecule has 2 atom stereocenters. The average Bonchev–Trinajstić information content (AvgIpc) is 2.39. The van der Waals surface area contributed by atoms with Crippen molar-refractivity contribution in [3.63, 3.8) is 0 Å². The second-order valence-corrected chi connectivity index (χ2v) is 5.74. The summed E-state index contributed by atoms with van der Waals surface area (Å²) in [5, 5.41) is 0. The van der Waals surface area contributed by atoms with Gasteiger partial charge in [0.25, 0.3) is 0 Å². The van der Waals surface area contributed by atoms with E-state index in [1.165, 1.54) is 0 Å². The van der Waals surface area contributed by atoms with Crippen LogP contribution in [0.5, 0.6) is 0 Å². The molecule has 0 bridgehead atoms. The van der Waals surface area contributed by atoms with Crippen LogP contribution in [0.2, 0.25) is 0 Å². The largest absolute Gasteiger partial charge is 0.460 e. The number of carbonyl (C=O) groups is 2. The van der Waals surface area contributed by atoms with Crippen LogP contribution in [0.4, 0.5) is 0 Å². The molecule has 0 saturated heterocycles. The van der Waals surface area contributed by atoms with Crippen molar-refractivity contribution in [3.8, 4) is 0 Å². The highest BCUT2D eigenvalue weighted by molar-refractivity contribution is 5.76. The van der Waals surface area contributed by atoms with Gasteiger partial charge in [0, 0.05) is 11.9 Å². The summed E-state index contributed by atoms with van der Waals surface area (Å²) in [5.74, 6) is -2.85. The van der Waals surface area contributed by atoms with Gasteiger partial charge >= 0.3 is 11.9 Å². The molecule has 0 aromatic carbocycles. The first-order chi connectivity index (χ1) is 10.4. The van der Waals surface area contributed by atoms with Crippen LogP contribution in [0.3, 0.4) is 0 Å². The molecule has 1 aliphatic carbocycles. The summed E-state index contributed by atoms with van der Waals surface area (Å²) in [4.78, 5) is 22.9. The van der Waals surface area contributed by atoms with Crippen LogP contribution >= 0.6 is 0 Å². The molecule has 0 aromatic rings. The number of carbonyl (C=O) groups excluding carboxylic acids is 2. The lowest BCUT2D eigenvalue weighted by Gasteiger charge is -2.37. The molecule has 0 radical (unpaired) electrons. The Balaban J connectivity index is 2.85. The third kappa shape index (κ3) is 5.62. The maximum absolute atomic E-state index is 11.8. The second-order valence-electron chi connectivity index (χ2n) is 5.74. The van der Waals surface area contributed by atoms with Crippen LogP contribution in [0.1, 0.15) is 65.2 Å². The smallest absolute Gasteiger partial charge is 0.344 e. The summed E-state index contributed by atoms with van der Waals surface area (Å²) in [6.45, 7) is 2.33. The van der Waals surface area contributed by atoms with Crippen molar-refractivity contribution in [2.24, 2.45) is 11.3 Å². The minimum absolute atomic E-state index is 0.118. The number of rotatable bonds is 5. The van der Waals surface area contributed by atoms with Gasteiger partial charge < -0.3 is 9.47 Å². The third-order valence-electron chi connectivity index (χ3n) is 3.32. The minimum Gasteiger partial charge on any atom is -0.460 e. The van der Waals surface area contributed by atoms with E-state index < -0.39 is 37.4 Å². The summed E-state index contributed by atoms with van der Waals surface area (Å²) in [5.41, 5.74) is -0.176. The fraction of sp³-hybridized carbons (Fsp3) is 0.867. The summed E-state index contributed by atoms with van der Waals surface area (Å²) in [6, 6.07) is 0. The molecule has 1 aliphatic rings. The quantitative estimate of drug-likeness (QED) is 0.723. The van der Waals surface area contributed by atoms with Gasteiger partial charge in [-0.3, -0.25) is 4.79 Å². The fourth-order valence-electron chi connectivity index (χ4n) is 2.30. The fourth-order valence-corrected chi connectivity index (χ4v) is 2.30. The van der Waals surface area contributed by atoms with E-state index in [0.717, 1.165) is 6.42 Å². The maximum Gasteiger partial charge on any atom is 0.344 e. The number of esters is 2. The molecule has 0 aromatic heterocycles. The third-order valence-corrected chi connectivity index (χ3v) is 3.32. The van der Waals surface area contributed by atoms with E-state index in [2.05, 4.69) is 4.74 Å². The van der Waals surface area contributed by atoms with Crippen LogP contribution in [0.25, 0.3) is 0 Å². The first-order valence-electron chi connectivity index (χ1n) is 8.75. The van der Waals surface area contributed by atoms with Crippen LogP contribution in [-0.4, -0.2) is 24.6 Å². The molecular weight excluding hydrogens is 244 g/mol. The zero-order valence-electron chi connectivity index (χ0n) is 16.0. The zero-order valence-corrected chi connectivity index (χ0v) is 12.0. The molecule has 110 valence electrons. The molecule has 0 unspecified atom stereocenters. The highest BCUT2D eigenvalue weighted by Crippen LogP contribution is 2.40. The molecule has 0 spiro atoms. The molecule has 4 heteroatoms. The second kappa shape index (κ2) is 6.92. The standard InChI is InChI=1S/C15H26O4/c1-5-13(16)18-10-14(17)19-11(2)12-7-6-8-15(3,4)9-12/h11-12H,5-10H2,1-4H3/t11-,12+/m0/s1/i2D3,12D. The van der Waals surface area contributed by atoms with Crippen molar-refractivity contribution in [2.45, 2.75) is 65.8 Å². The van der Waals surface area contributed by atoms with Crippen molar-refractivity contribution >= 4 is 11.9 Å². The van der Waals surface area contributed by atoms with Crippen LogP contribution < -0.4 is 0 Å². The molecule has 1 saturated carbocycles. The molecule has 0 heterocycles. The average molecular weight is 274 g/mol. The molecule has 4 nitrogen and oxygen atoms in total. The maximum atomic E-state index is 11.8. The monoisotopic (exact) mass is 274 g/mol. The van der Waals surface area contributed by atoms with Crippen molar-refractivity contribution in [2.75, 3.05) is 6.61 Å². The molecular formula is C15H26O4. The first-order valence-corrected chi connectivity index (χ1v) is 6.75. The topological polar surface area (TPSA) is 52.6 Å². The Morgan fingerprint density at radius 3 is 2.79 bits per heavy atom. The summed E-state index contributed by atoms with van der Waals surface area (Å²) in [7, 11) is 0. The normalized spacial score (nSPS) is 31.1. The van der Waals surface area contributed by atoms with E-state index in [-0.39, 0.29) is 11.8 Å². The van der Waals surface area contributed by atoms with Crippen molar-refractivity contribution < 1.29 is 24.5 Å². The van der Waals surface area contributed by atoms with E-state index in [9.17, 15) is 9.59 Å². The van der Waals surface area contributed by atoms with Gasteiger partial charge in [-0.25, -0.2) is 4.79 Å². The number of ether oxygens (including phenoxy) is 2. The summed E-state index contributed by atoms with van der Waals surface area (Å²) < 4.78 is 41.3. The van der Waals surface area contributed by atoms with E-state index in [1.807, 2.05) is 13.8 Å². The predicted octanol–water partition coefficient (Wildman–Crippen LogP) is 3.09. The van der Waals surface area contributed by atoms with Crippen molar-refractivity contribution in [3.05, 3.63) is 0 Å². The minimum atomic E-state index is -2.60. The Kier molecular flexibility index (Phi) is 3.90. The Morgan fingerprint density at radius 1 is 1.47 bits per heavy atom. The molecule has 0 N–H and O–H groups in total. The Morgan fingerprint density at radius 2 is 2.21 bits per heavy atom. The van der Waals surface area contributed by atoms with E-state index in [1.54, 1.807) is 6.92 Å². The van der Waals surface area contributed by atoms with Crippen molar-refractivity contribution in [1.82, 2.24) is 0 Å². The van der Waals surface area contributed by atoms with Gasteiger partial charge in [-0.1, -0.05) is 27.2 Å². The zero-order chi connectivity index (χ0) is 17.9. The van der Waals surface area contributed by atoms with Crippen LogP contribution in [0.15, 0.2) is 0 Å². The lowest BCUT2D eigenvalue weighted by Crippen LogP contribution is -2.33. The van der Waals surface area contributed by atoms with Gasteiger partial charge in [0.05, 0.1) is 0 Å². The highest BCUT2D eigenvalue weighted by Gasteiger charge is 2.32. The van der Waals surface area contributed by atoms with E-state index in [0.29, 0.717) is 19.3 Å². The molecule has 1 fully saturated rings. The molecule has 1 rings (SSSR count). The van der Waals surface area contributed by atoms with Gasteiger partial charge in [0.2, 0.25) is 0 Å². The molecule has 0 aliphatic heterocycles. The van der Waals surface area contributed by atoms with Crippen LogP contribution in [0, 0.1) is 11.3 Å². The summed E-state index contributed by atoms with van der Waals surface area (Å²) in [6.07, 6.45) is 0.913. The Bertz CT molecular complexity index is 447. The van der Waals surface area contributed by atoms with E-state index in [4.69, 9.17) is 10.2 Å². The van der Waals surface area contributed by atoms with Gasteiger partial charge in [0.1, 0.15) is 6.10 Å². The molecule has 19 heavy (non-hydrogen) atoms. The van der Waals surface area contributed by atoms with Gasteiger partial charge in [0.15, 0.2) is 6.61 Å². The Hall–Kier alpha value is -1.06. The first kappa shape index (κ1) is 10.7.